The third kappa shape index (κ3) is 36.5. The summed E-state index contributed by atoms with van der Waals surface area (Å²) in [6.07, 6.45) is 46.7. The molecule has 3 aliphatic heterocycles. The van der Waals surface area contributed by atoms with Gasteiger partial charge in [0.25, 0.3) is 0 Å². The molecule has 0 radical (unpaired) electrons. The molecule has 0 aromatic carbocycles. The van der Waals surface area contributed by atoms with E-state index in [2.05, 4.69) is 104 Å². The molecule has 3 aliphatic rings. The SMILES string of the molecule is CC/C=C\C/C=C\C/C=C\C/C=C\C/C=C\C/C=C\C/C=C\CCCCCCCCCCCCCCCC(=O)NC(COC1OC(CO)C(OC2OC(CO)C(OC3OC(CO)C(O)C(O)C3O)C(O)C2O)C(O)C1O)C(O)/C=C/CCCCCCCCCCCCCC. The quantitative estimate of drug-likeness (QED) is 0.0199. The van der Waals surface area contributed by atoms with Crippen molar-refractivity contribution in [2.45, 2.75) is 343 Å². The highest BCUT2D eigenvalue weighted by Crippen LogP contribution is 2.33. The number of ether oxygens (including phenoxy) is 6. The summed E-state index contributed by atoms with van der Waals surface area (Å²) in [4.78, 5) is 13.4. The molecule has 0 saturated carbocycles. The summed E-state index contributed by atoms with van der Waals surface area (Å²) >= 11 is 0. The van der Waals surface area contributed by atoms with Crippen molar-refractivity contribution < 1.29 is 89.4 Å². The van der Waals surface area contributed by atoms with Crippen molar-refractivity contribution in [3.63, 3.8) is 0 Å². The van der Waals surface area contributed by atoms with E-state index < -0.39 is 124 Å². The lowest BCUT2D eigenvalue weighted by molar-refractivity contribution is -0.379. The summed E-state index contributed by atoms with van der Waals surface area (Å²) in [5.41, 5.74) is 0. The van der Waals surface area contributed by atoms with Crippen molar-refractivity contribution in [3.8, 4) is 0 Å². The maximum absolute atomic E-state index is 13.4. The Labute approximate surface area is 564 Å². The first-order valence-electron chi connectivity index (χ1n) is 36.5. The number of carbonyl (C=O) groups excluding carboxylic acids is 1. The molecule has 3 saturated heterocycles. The molecule has 0 aliphatic carbocycles. The van der Waals surface area contributed by atoms with Gasteiger partial charge in [0.05, 0.1) is 38.6 Å². The third-order valence-electron chi connectivity index (χ3n) is 17.6. The monoisotopic (exact) mass is 1330 g/mol. The van der Waals surface area contributed by atoms with Gasteiger partial charge in [0.1, 0.15) is 73.2 Å². The fraction of sp³-hybridized carbons (Fsp3) is 0.773. The molecule has 1 amide bonds. The first kappa shape index (κ1) is 84.9. The van der Waals surface area contributed by atoms with Gasteiger partial charge in [-0.25, -0.2) is 0 Å². The number of nitrogens with one attached hydrogen (secondary N) is 1. The number of rotatable bonds is 55. The number of carbonyl (C=O) groups is 1. The minimum Gasteiger partial charge on any atom is -0.394 e. The molecular formula is C75H129NO18. The van der Waals surface area contributed by atoms with Gasteiger partial charge >= 0.3 is 0 Å². The van der Waals surface area contributed by atoms with E-state index in [1.807, 2.05) is 6.08 Å². The standard InChI is InChI=1S/C75H129NO18/c1-3-5-7-9-11-13-15-17-19-20-21-22-23-24-25-26-27-28-29-30-31-32-33-34-35-36-37-38-39-41-43-45-47-49-51-53-63(81)76-58(59(80)52-50-48-46-44-42-40-18-16-14-12-10-8-6-4-2)57-89-73-69(87)66(84)71(61(55-78)91-73)94-75-70(88)67(85)72(62(56-79)92-75)93-74-68(86)65(83)64(82)60(54-77)90-74/h5,7,11,13,17,19,21-22,24-25,27-28,30-31,50,52,58-62,64-75,77-80,82-88H,3-4,6,8-10,12,14-16,18,20,23,26,29,32-49,51,53-57H2,1-2H3,(H,76,81)/b7-5-,13-11-,19-17-,22-21-,25-24-,28-27-,31-30-,52-50+. The molecule has 3 rings (SSSR count). The number of allylic oxidation sites excluding steroid dienone is 15. The van der Waals surface area contributed by atoms with Crippen molar-refractivity contribution >= 4 is 5.91 Å². The molecule has 3 heterocycles. The van der Waals surface area contributed by atoms with Gasteiger partial charge in [-0.1, -0.05) is 252 Å². The van der Waals surface area contributed by atoms with E-state index >= 15 is 0 Å². The van der Waals surface area contributed by atoms with Gasteiger partial charge in [0.15, 0.2) is 18.9 Å². The van der Waals surface area contributed by atoms with Crippen LogP contribution in [0.5, 0.6) is 0 Å². The van der Waals surface area contributed by atoms with E-state index in [-0.39, 0.29) is 18.9 Å². The van der Waals surface area contributed by atoms with Crippen molar-refractivity contribution in [2.24, 2.45) is 0 Å². The molecule has 19 nitrogen and oxygen atoms in total. The van der Waals surface area contributed by atoms with Crippen molar-refractivity contribution in [1.29, 1.82) is 0 Å². The Bertz CT molecular complexity index is 2080. The first-order chi connectivity index (χ1) is 45.8. The highest BCUT2D eigenvalue weighted by Gasteiger charge is 2.53. The lowest BCUT2D eigenvalue weighted by Crippen LogP contribution is -2.66. The highest BCUT2D eigenvalue weighted by molar-refractivity contribution is 5.76. The predicted molar refractivity (Wildman–Crippen MR) is 369 cm³/mol. The molecule has 17 unspecified atom stereocenters. The van der Waals surface area contributed by atoms with Gasteiger partial charge in [-0.2, -0.15) is 0 Å². The third-order valence-corrected chi connectivity index (χ3v) is 17.6. The van der Waals surface area contributed by atoms with Crippen LogP contribution in [0.2, 0.25) is 0 Å². The Morgan fingerprint density at radius 2 is 0.734 bits per heavy atom. The second kappa shape index (κ2) is 55.6. The zero-order chi connectivity index (χ0) is 68.2. The molecule has 94 heavy (non-hydrogen) atoms. The lowest BCUT2D eigenvalue weighted by atomic mass is 9.96. The zero-order valence-corrected chi connectivity index (χ0v) is 57.4. The Balaban J connectivity index is 1.36. The fourth-order valence-corrected chi connectivity index (χ4v) is 11.8. The molecule has 0 aromatic rings. The molecular weight excluding hydrogens is 1200 g/mol. The van der Waals surface area contributed by atoms with Gasteiger partial charge in [-0.3, -0.25) is 4.79 Å². The second-order valence-electron chi connectivity index (χ2n) is 25.7. The van der Waals surface area contributed by atoms with E-state index in [0.29, 0.717) is 6.42 Å². The van der Waals surface area contributed by atoms with E-state index in [9.17, 15) is 61.0 Å². The molecule has 0 aromatic heterocycles. The van der Waals surface area contributed by atoms with Crippen LogP contribution >= 0.6 is 0 Å². The van der Waals surface area contributed by atoms with Crippen LogP contribution < -0.4 is 5.32 Å². The summed E-state index contributed by atoms with van der Waals surface area (Å²) in [7, 11) is 0. The Morgan fingerprint density at radius 3 is 1.15 bits per heavy atom. The summed E-state index contributed by atoms with van der Waals surface area (Å²) < 4.78 is 34.3. The van der Waals surface area contributed by atoms with E-state index in [1.54, 1.807) is 6.08 Å². The van der Waals surface area contributed by atoms with Gasteiger partial charge in [-0.05, 0) is 77.0 Å². The van der Waals surface area contributed by atoms with E-state index in [4.69, 9.17) is 28.4 Å². The van der Waals surface area contributed by atoms with Crippen LogP contribution in [0.15, 0.2) is 97.2 Å². The van der Waals surface area contributed by atoms with Crippen LogP contribution in [0.4, 0.5) is 0 Å². The summed E-state index contributed by atoms with van der Waals surface area (Å²) in [6, 6.07) is -0.978. The maximum atomic E-state index is 13.4. The molecule has 542 valence electrons. The average Bonchev–Trinajstić information content (AvgIpc) is 0.792. The smallest absolute Gasteiger partial charge is 0.220 e. The van der Waals surface area contributed by atoms with Crippen LogP contribution in [0.25, 0.3) is 0 Å². The number of hydrogen-bond acceptors (Lipinski definition) is 18. The molecule has 19 heteroatoms. The molecule has 0 bridgehead atoms. The lowest BCUT2D eigenvalue weighted by Gasteiger charge is -2.48. The summed E-state index contributed by atoms with van der Waals surface area (Å²) in [5.74, 6) is -0.280. The van der Waals surface area contributed by atoms with Crippen molar-refractivity contribution in [1.82, 2.24) is 5.32 Å². The van der Waals surface area contributed by atoms with Crippen LogP contribution in [-0.4, -0.2) is 193 Å². The number of amides is 1. The molecule has 17 atom stereocenters. The Hall–Kier alpha value is -3.29. The molecule has 12 N–H and O–H groups in total. The van der Waals surface area contributed by atoms with Crippen LogP contribution in [0, 0.1) is 0 Å². The van der Waals surface area contributed by atoms with Gasteiger partial charge in [0, 0.05) is 6.42 Å². The average molecular weight is 1330 g/mol. The van der Waals surface area contributed by atoms with Crippen LogP contribution in [0.3, 0.4) is 0 Å². The maximum Gasteiger partial charge on any atom is 0.220 e. The Kier molecular flexibility index (Phi) is 50.2. The number of aliphatic hydroxyl groups is 11. The minimum absolute atomic E-state index is 0.237. The van der Waals surface area contributed by atoms with Crippen LogP contribution in [0.1, 0.15) is 239 Å². The number of hydrogen-bond donors (Lipinski definition) is 12. The van der Waals surface area contributed by atoms with Gasteiger partial charge in [-0.15, -0.1) is 0 Å². The van der Waals surface area contributed by atoms with Gasteiger partial charge < -0.3 is 89.9 Å². The first-order valence-corrected chi connectivity index (χ1v) is 36.5. The largest absolute Gasteiger partial charge is 0.394 e. The zero-order valence-electron chi connectivity index (χ0n) is 57.4. The Morgan fingerprint density at radius 1 is 0.394 bits per heavy atom. The number of unbranched alkanes of at least 4 members (excludes halogenated alkanes) is 25. The van der Waals surface area contributed by atoms with Crippen molar-refractivity contribution in [2.75, 3.05) is 26.4 Å². The van der Waals surface area contributed by atoms with Crippen LogP contribution in [-0.2, 0) is 33.2 Å². The fourth-order valence-electron chi connectivity index (χ4n) is 11.8. The van der Waals surface area contributed by atoms with Gasteiger partial charge in [0.2, 0.25) is 5.91 Å². The van der Waals surface area contributed by atoms with E-state index in [1.165, 1.54) is 116 Å². The normalized spacial score (nSPS) is 27.9. The minimum atomic E-state index is -1.98. The van der Waals surface area contributed by atoms with Crippen molar-refractivity contribution in [3.05, 3.63) is 97.2 Å². The molecule has 0 spiro atoms. The molecule has 3 fully saturated rings. The summed E-state index contributed by atoms with van der Waals surface area (Å²) in [5, 5.41) is 120. The predicted octanol–water partition coefficient (Wildman–Crippen LogP) is 10.4. The number of aliphatic hydroxyl groups excluding tert-OH is 11. The second-order valence-corrected chi connectivity index (χ2v) is 25.7. The topological polar surface area (TPSA) is 307 Å². The van der Waals surface area contributed by atoms with E-state index in [0.717, 1.165) is 96.3 Å². The summed E-state index contributed by atoms with van der Waals surface area (Å²) in [6.45, 7) is 1.61. The highest BCUT2D eigenvalue weighted by atomic mass is 16.8.